The molecule has 0 aromatic carbocycles. The average Bonchev–Trinajstić information content (AvgIpc) is 1.89. The third-order valence-corrected chi connectivity index (χ3v) is 1.39. The Bertz CT molecular complexity index is 110. The smallest absolute Gasteiger partial charge is 0.321 e. The number of carboxylic acid groups (broad SMARTS) is 1. The van der Waals surface area contributed by atoms with Crippen molar-refractivity contribution < 1.29 is 9.90 Å². The van der Waals surface area contributed by atoms with Crippen molar-refractivity contribution in [2.24, 2.45) is 5.73 Å². The molecule has 0 unspecified atom stereocenters. The van der Waals surface area contributed by atoms with Gasteiger partial charge in [0.1, 0.15) is 6.04 Å². The molecule has 0 fully saturated rings. The van der Waals surface area contributed by atoms with Gasteiger partial charge in [0.05, 0.1) is 0 Å². The zero-order chi connectivity index (χ0) is 7.98. The van der Waals surface area contributed by atoms with E-state index >= 15 is 0 Å². The van der Waals surface area contributed by atoms with Crippen LogP contribution in [-0.2, 0) is 4.79 Å². The van der Waals surface area contributed by atoms with E-state index in [0.29, 0.717) is 19.4 Å². The van der Waals surface area contributed by atoms with E-state index in [0.717, 1.165) is 0 Å². The maximum atomic E-state index is 10.2. The van der Waals surface area contributed by atoms with Crippen LogP contribution in [0.2, 0.25) is 0 Å². The molecule has 0 rings (SSSR count). The summed E-state index contributed by atoms with van der Waals surface area (Å²) in [4.78, 5) is 12.4. The van der Waals surface area contributed by atoms with Gasteiger partial charge in [0.25, 0.3) is 0 Å². The molecular formula is C5H11ClN2O2. The Morgan fingerprint density at radius 2 is 2.40 bits per heavy atom. The molecule has 0 spiro atoms. The fourth-order valence-corrected chi connectivity index (χ4v) is 0.749. The van der Waals surface area contributed by atoms with E-state index in [-0.39, 0.29) is 0 Å². The number of aliphatic carboxylic acids is 1. The topological polar surface area (TPSA) is 75.3 Å². The van der Waals surface area contributed by atoms with Crippen LogP contribution in [0.1, 0.15) is 12.8 Å². The minimum Gasteiger partial charge on any atom is -0.480 e. The first-order valence-electron chi connectivity index (χ1n) is 3.01. The van der Waals surface area contributed by atoms with Crippen LogP contribution in [0.25, 0.3) is 0 Å². The van der Waals surface area contributed by atoms with Crippen molar-refractivity contribution in [3.05, 3.63) is 0 Å². The van der Waals surface area contributed by atoms with Crippen LogP contribution >= 0.6 is 11.8 Å². The fraction of sp³-hybridized carbons (Fsp3) is 0.800. The van der Waals surface area contributed by atoms with Gasteiger partial charge in [-0.1, -0.05) is 0 Å². The number of hydrogen-bond donors (Lipinski definition) is 3. The Labute approximate surface area is 64.5 Å². The molecule has 0 radical (unpaired) electrons. The molecule has 0 aliphatic rings. The number of hydrogen-bond acceptors (Lipinski definition) is 3. The molecule has 10 heavy (non-hydrogen) atoms. The van der Waals surface area contributed by atoms with E-state index in [1.807, 2.05) is 0 Å². The minimum absolute atomic E-state index is 0.468. The van der Waals surface area contributed by atoms with Gasteiger partial charge in [0.2, 0.25) is 0 Å². The number of rotatable bonds is 5. The summed E-state index contributed by atoms with van der Waals surface area (Å²) in [6.45, 7) is 0.488. The number of nitrogens with two attached hydrogens (primary N) is 1. The lowest BCUT2D eigenvalue weighted by Gasteiger charge is -2.06. The lowest BCUT2D eigenvalue weighted by molar-refractivity contribution is -0.139. The van der Waals surface area contributed by atoms with E-state index in [2.05, 4.69) is 4.84 Å². The molecule has 0 aromatic heterocycles. The van der Waals surface area contributed by atoms with Crippen LogP contribution < -0.4 is 10.6 Å². The van der Waals surface area contributed by atoms with Crippen LogP contribution in [0.3, 0.4) is 0 Å². The Morgan fingerprint density at radius 3 is 2.70 bits per heavy atom. The first kappa shape index (κ1) is 9.68. The standard InChI is InChI=1S/C5H11ClN2O2/c6-8-4(5(9)10)2-1-3-7/h4,8H,1-3,7H2,(H,9,10)/t4-/m0/s1. The van der Waals surface area contributed by atoms with Gasteiger partial charge >= 0.3 is 5.97 Å². The van der Waals surface area contributed by atoms with Crippen molar-refractivity contribution in [2.45, 2.75) is 18.9 Å². The summed E-state index contributed by atoms with van der Waals surface area (Å²) in [7, 11) is 0. The monoisotopic (exact) mass is 166 g/mol. The molecule has 4 nitrogen and oxygen atoms in total. The summed E-state index contributed by atoms with van der Waals surface area (Å²) in [5.74, 6) is -0.941. The maximum absolute atomic E-state index is 10.2. The Morgan fingerprint density at radius 1 is 1.80 bits per heavy atom. The van der Waals surface area contributed by atoms with Crippen LogP contribution in [0.4, 0.5) is 0 Å². The quantitative estimate of drug-likeness (QED) is 0.500. The highest BCUT2D eigenvalue weighted by Gasteiger charge is 2.13. The highest BCUT2D eigenvalue weighted by molar-refractivity contribution is 6.14. The van der Waals surface area contributed by atoms with Crippen molar-refractivity contribution in [3.8, 4) is 0 Å². The molecule has 0 heterocycles. The third-order valence-electron chi connectivity index (χ3n) is 1.13. The van der Waals surface area contributed by atoms with Crippen molar-refractivity contribution >= 4 is 17.7 Å². The van der Waals surface area contributed by atoms with Crippen LogP contribution in [0.5, 0.6) is 0 Å². The Hall–Kier alpha value is -0.320. The summed E-state index contributed by atoms with van der Waals surface area (Å²) >= 11 is 5.13. The number of halogens is 1. The first-order chi connectivity index (χ1) is 4.72. The van der Waals surface area contributed by atoms with Gasteiger partial charge in [0.15, 0.2) is 0 Å². The molecule has 0 bridgehead atoms. The van der Waals surface area contributed by atoms with Gasteiger partial charge in [-0.05, 0) is 31.2 Å². The zero-order valence-corrected chi connectivity index (χ0v) is 6.27. The molecule has 0 saturated heterocycles. The van der Waals surface area contributed by atoms with Gasteiger partial charge in [-0.15, -0.1) is 0 Å². The third kappa shape index (κ3) is 3.66. The summed E-state index contributed by atoms with van der Waals surface area (Å²) in [6, 6.07) is -0.676. The largest absolute Gasteiger partial charge is 0.480 e. The van der Waals surface area contributed by atoms with Crippen molar-refractivity contribution in [1.82, 2.24) is 4.84 Å². The minimum atomic E-state index is -0.941. The molecular weight excluding hydrogens is 156 g/mol. The molecule has 0 aliphatic carbocycles. The van der Waals surface area contributed by atoms with Gasteiger partial charge in [-0.3, -0.25) is 4.79 Å². The average molecular weight is 167 g/mol. The summed E-state index contributed by atoms with van der Waals surface area (Å²) in [5, 5.41) is 8.41. The first-order valence-corrected chi connectivity index (χ1v) is 3.39. The lowest BCUT2D eigenvalue weighted by atomic mass is 10.2. The molecule has 0 aromatic rings. The number of carboxylic acids is 1. The van der Waals surface area contributed by atoms with Gasteiger partial charge in [0, 0.05) is 0 Å². The predicted molar refractivity (Wildman–Crippen MR) is 38.7 cm³/mol. The van der Waals surface area contributed by atoms with E-state index in [1.54, 1.807) is 0 Å². The number of carbonyl (C=O) groups is 1. The normalized spacial score (nSPS) is 13.0. The molecule has 60 valence electrons. The Balaban J connectivity index is 3.50. The second kappa shape index (κ2) is 5.46. The predicted octanol–water partition coefficient (Wildman–Crippen LogP) is -0.0781. The van der Waals surface area contributed by atoms with Crippen LogP contribution in [0, 0.1) is 0 Å². The maximum Gasteiger partial charge on any atom is 0.321 e. The van der Waals surface area contributed by atoms with E-state index < -0.39 is 12.0 Å². The lowest BCUT2D eigenvalue weighted by Crippen LogP contribution is -2.30. The summed E-state index contributed by atoms with van der Waals surface area (Å²) < 4.78 is 0. The molecule has 0 aliphatic heterocycles. The van der Waals surface area contributed by atoms with Crippen molar-refractivity contribution in [3.63, 3.8) is 0 Å². The molecule has 0 saturated carbocycles. The Kier molecular flexibility index (Phi) is 5.29. The van der Waals surface area contributed by atoms with E-state index in [9.17, 15) is 4.79 Å². The van der Waals surface area contributed by atoms with Crippen molar-refractivity contribution in [2.75, 3.05) is 6.54 Å². The molecule has 1 atom stereocenters. The van der Waals surface area contributed by atoms with Gasteiger partial charge in [-0.2, -0.15) is 0 Å². The molecule has 0 amide bonds. The number of nitrogens with one attached hydrogen (secondary N) is 1. The summed E-state index contributed by atoms with van der Waals surface area (Å²) in [5.41, 5.74) is 5.17. The second-order valence-electron chi connectivity index (χ2n) is 1.93. The van der Waals surface area contributed by atoms with E-state index in [4.69, 9.17) is 22.6 Å². The zero-order valence-electron chi connectivity index (χ0n) is 5.51. The molecule has 4 N–H and O–H groups in total. The van der Waals surface area contributed by atoms with E-state index in [1.165, 1.54) is 0 Å². The van der Waals surface area contributed by atoms with Crippen LogP contribution in [-0.4, -0.2) is 23.7 Å². The van der Waals surface area contributed by atoms with Crippen LogP contribution in [0.15, 0.2) is 0 Å². The molecule has 5 heteroatoms. The highest BCUT2D eigenvalue weighted by Crippen LogP contribution is 1.96. The fourth-order valence-electron chi connectivity index (χ4n) is 0.547. The highest BCUT2D eigenvalue weighted by atomic mass is 35.5. The summed E-state index contributed by atoms with van der Waals surface area (Å²) in [6.07, 6.45) is 1.13. The van der Waals surface area contributed by atoms with Crippen molar-refractivity contribution in [1.29, 1.82) is 0 Å². The van der Waals surface area contributed by atoms with Gasteiger partial charge < -0.3 is 10.8 Å². The SMILES string of the molecule is NCCC[C@H](NCl)C(=O)O. The van der Waals surface area contributed by atoms with Gasteiger partial charge in [-0.25, -0.2) is 4.84 Å². The second-order valence-corrected chi connectivity index (χ2v) is 2.15.